The number of hydrogen-bond donors (Lipinski definition) is 3. The second-order valence-electron chi connectivity index (χ2n) is 29.6. The summed E-state index contributed by atoms with van der Waals surface area (Å²) in [6, 6.07) is 0. The highest BCUT2D eigenvalue weighted by molar-refractivity contribution is 7.47. The molecule has 0 fully saturated rings. The van der Waals surface area contributed by atoms with Crippen LogP contribution in [-0.4, -0.2) is 96.7 Å². The first-order valence-corrected chi connectivity index (χ1v) is 43.9. The highest BCUT2D eigenvalue weighted by Crippen LogP contribution is 2.45. The van der Waals surface area contributed by atoms with Crippen LogP contribution in [0.25, 0.3) is 0 Å². The Kier molecular flexibility index (Phi) is 68.1. The van der Waals surface area contributed by atoms with Crippen molar-refractivity contribution in [2.45, 2.75) is 426 Å². The zero-order valence-corrected chi connectivity index (χ0v) is 66.0. The fourth-order valence-electron chi connectivity index (χ4n) is 12.1. The second-order valence-corrected chi connectivity index (χ2v) is 32.6. The standard InChI is InChI=1S/C79H154O17P2/c1-8-10-11-12-13-14-15-23-32-39-46-53-60-76(81)89-66-75(96-79(84)63-56-49-42-35-27-25-30-37-44-51-58-71(5)6)69-94-98(87,88)92-65-73(80)64-91-97(85,86)93-68-74(67-90-77(82)61-54-47-40-33-28-26-31-38-45-52-59-72(7)9-2)95-78(83)62-55-48-41-34-24-21-19-17-16-18-20-22-29-36-43-50-57-70(3)4/h70-75,80H,8-69H2,1-7H3,(H,85,86)(H,87,88)/t72?,73-,74-,75-/m1/s1. The van der Waals surface area contributed by atoms with Gasteiger partial charge in [0.25, 0.3) is 0 Å². The van der Waals surface area contributed by atoms with Gasteiger partial charge in [0.05, 0.1) is 26.4 Å². The molecule has 0 amide bonds. The SMILES string of the molecule is CCCCCCCCCCCCCCC(=O)OC[C@H](COP(=O)(O)OC[C@H](O)COP(=O)(O)OC[C@@H](COC(=O)CCCCCCCCCCCCC(C)CC)OC(=O)CCCCCCCCCCCCCCCCCCC(C)C)OC(=O)CCCCCCCCCCCCC(C)C. The lowest BCUT2D eigenvalue weighted by atomic mass is 9.99. The number of carbonyl (C=O) groups is 4. The van der Waals surface area contributed by atoms with Crippen LogP contribution in [0.3, 0.4) is 0 Å². The van der Waals surface area contributed by atoms with E-state index in [1.54, 1.807) is 0 Å². The summed E-state index contributed by atoms with van der Waals surface area (Å²) in [5.41, 5.74) is 0. The molecular formula is C79H154O17P2. The molecule has 0 radical (unpaired) electrons. The molecule has 19 heteroatoms. The van der Waals surface area contributed by atoms with Crippen LogP contribution in [0.1, 0.15) is 408 Å². The van der Waals surface area contributed by atoms with E-state index in [0.717, 1.165) is 108 Å². The maximum Gasteiger partial charge on any atom is 0.472 e. The first kappa shape index (κ1) is 96.1. The van der Waals surface area contributed by atoms with E-state index in [9.17, 15) is 43.2 Å². The molecule has 17 nitrogen and oxygen atoms in total. The molecule has 0 aromatic heterocycles. The molecule has 582 valence electrons. The number of phosphoric ester groups is 2. The Bertz CT molecular complexity index is 1910. The highest BCUT2D eigenvalue weighted by atomic mass is 31.2. The minimum Gasteiger partial charge on any atom is -0.462 e. The summed E-state index contributed by atoms with van der Waals surface area (Å²) in [5.74, 6) is 0.258. The van der Waals surface area contributed by atoms with Crippen LogP contribution >= 0.6 is 15.6 Å². The first-order valence-electron chi connectivity index (χ1n) is 40.9. The van der Waals surface area contributed by atoms with Crippen molar-refractivity contribution in [1.29, 1.82) is 0 Å². The molecule has 0 aromatic rings. The number of phosphoric acid groups is 2. The molecule has 3 N–H and O–H groups in total. The molecule has 0 aliphatic carbocycles. The van der Waals surface area contributed by atoms with E-state index in [1.165, 1.54) is 218 Å². The third-order valence-electron chi connectivity index (χ3n) is 18.7. The molecule has 0 saturated carbocycles. The van der Waals surface area contributed by atoms with Crippen molar-refractivity contribution in [1.82, 2.24) is 0 Å². The molecule has 0 aliphatic rings. The molecule has 3 unspecified atom stereocenters. The number of aliphatic hydroxyl groups excluding tert-OH is 1. The first-order chi connectivity index (χ1) is 47.3. The summed E-state index contributed by atoms with van der Waals surface area (Å²) < 4.78 is 68.7. The molecule has 0 saturated heterocycles. The summed E-state index contributed by atoms with van der Waals surface area (Å²) in [7, 11) is -9.92. The van der Waals surface area contributed by atoms with Gasteiger partial charge in [-0.2, -0.15) is 0 Å². The minimum atomic E-state index is -4.96. The largest absolute Gasteiger partial charge is 0.472 e. The van der Waals surface area contributed by atoms with E-state index in [0.29, 0.717) is 25.7 Å². The van der Waals surface area contributed by atoms with Gasteiger partial charge in [-0.1, -0.05) is 357 Å². The monoisotopic (exact) mass is 1440 g/mol. The Morgan fingerprint density at radius 3 is 0.776 bits per heavy atom. The molecule has 0 heterocycles. The molecule has 0 bridgehead atoms. The summed E-state index contributed by atoms with van der Waals surface area (Å²) in [6.07, 6.45) is 56.7. The Balaban J connectivity index is 5.26. The third-order valence-corrected chi connectivity index (χ3v) is 20.6. The topological polar surface area (TPSA) is 237 Å². The van der Waals surface area contributed by atoms with Crippen molar-refractivity contribution >= 4 is 39.5 Å². The number of unbranched alkanes of at least 4 members (excludes halogenated alkanes) is 44. The van der Waals surface area contributed by atoms with Gasteiger partial charge in [-0.05, 0) is 43.4 Å². The highest BCUT2D eigenvalue weighted by Gasteiger charge is 2.30. The fraction of sp³-hybridized carbons (Fsp3) is 0.949. The molecule has 0 spiro atoms. The Labute approximate surface area is 600 Å². The van der Waals surface area contributed by atoms with Gasteiger partial charge in [-0.3, -0.25) is 37.3 Å². The zero-order chi connectivity index (χ0) is 72.3. The number of aliphatic hydroxyl groups is 1. The van der Waals surface area contributed by atoms with Crippen molar-refractivity contribution < 1.29 is 80.2 Å². The number of rotatable bonds is 77. The number of hydrogen-bond acceptors (Lipinski definition) is 15. The average molecular weight is 1440 g/mol. The molecular weight excluding hydrogens is 1280 g/mol. The Morgan fingerprint density at radius 1 is 0.296 bits per heavy atom. The van der Waals surface area contributed by atoms with Gasteiger partial charge in [-0.15, -0.1) is 0 Å². The van der Waals surface area contributed by atoms with Crippen LogP contribution in [0.5, 0.6) is 0 Å². The van der Waals surface area contributed by atoms with Crippen LogP contribution < -0.4 is 0 Å². The lowest BCUT2D eigenvalue weighted by Crippen LogP contribution is -2.30. The predicted molar refractivity (Wildman–Crippen MR) is 400 cm³/mol. The molecule has 6 atom stereocenters. The summed E-state index contributed by atoms with van der Waals surface area (Å²) in [6.45, 7) is 12.0. The van der Waals surface area contributed by atoms with Crippen molar-refractivity contribution in [3.63, 3.8) is 0 Å². The Hall–Kier alpha value is -1.94. The van der Waals surface area contributed by atoms with Gasteiger partial charge >= 0.3 is 39.5 Å². The maximum absolute atomic E-state index is 13.1. The van der Waals surface area contributed by atoms with Gasteiger partial charge in [0.15, 0.2) is 12.2 Å². The fourth-order valence-corrected chi connectivity index (χ4v) is 13.7. The normalized spacial score (nSPS) is 14.3. The van der Waals surface area contributed by atoms with Crippen molar-refractivity contribution in [2.24, 2.45) is 17.8 Å². The second kappa shape index (κ2) is 69.4. The van der Waals surface area contributed by atoms with E-state index in [-0.39, 0.29) is 25.7 Å². The third kappa shape index (κ3) is 71.1. The maximum atomic E-state index is 13.1. The van der Waals surface area contributed by atoms with E-state index < -0.39 is 97.5 Å². The average Bonchev–Trinajstić information content (AvgIpc) is 0.997. The van der Waals surface area contributed by atoms with Crippen LogP contribution in [0, 0.1) is 17.8 Å². The molecule has 98 heavy (non-hydrogen) atoms. The van der Waals surface area contributed by atoms with Crippen molar-refractivity contribution in [2.75, 3.05) is 39.6 Å². The number of ether oxygens (including phenoxy) is 4. The van der Waals surface area contributed by atoms with Crippen LogP contribution in [0.4, 0.5) is 0 Å². The van der Waals surface area contributed by atoms with Crippen molar-refractivity contribution in [3.05, 3.63) is 0 Å². The lowest BCUT2D eigenvalue weighted by molar-refractivity contribution is -0.161. The lowest BCUT2D eigenvalue weighted by Gasteiger charge is -2.21. The summed E-state index contributed by atoms with van der Waals surface area (Å²) in [5, 5.41) is 10.6. The van der Waals surface area contributed by atoms with E-state index in [1.807, 2.05) is 0 Å². The minimum absolute atomic E-state index is 0.106. The van der Waals surface area contributed by atoms with Gasteiger partial charge in [0.1, 0.15) is 19.3 Å². The van der Waals surface area contributed by atoms with Crippen LogP contribution in [-0.2, 0) is 65.4 Å². The number of esters is 4. The Morgan fingerprint density at radius 2 is 0.520 bits per heavy atom. The summed E-state index contributed by atoms with van der Waals surface area (Å²) >= 11 is 0. The molecule has 0 aliphatic heterocycles. The van der Waals surface area contributed by atoms with Gasteiger partial charge < -0.3 is 33.8 Å². The van der Waals surface area contributed by atoms with Crippen LogP contribution in [0.15, 0.2) is 0 Å². The summed E-state index contributed by atoms with van der Waals surface area (Å²) in [4.78, 5) is 73.0. The quantitative estimate of drug-likeness (QED) is 0.0222. The van der Waals surface area contributed by atoms with E-state index in [4.69, 9.17) is 37.0 Å². The predicted octanol–water partition coefficient (Wildman–Crippen LogP) is 23.4. The zero-order valence-electron chi connectivity index (χ0n) is 64.3. The van der Waals surface area contributed by atoms with E-state index in [2.05, 4.69) is 48.5 Å². The van der Waals surface area contributed by atoms with Crippen LogP contribution in [0.2, 0.25) is 0 Å². The molecule has 0 rings (SSSR count). The molecule has 0 aromatic carbocycles. The van der Waals surface area contributed by atoms with Crippen molar-refractivity contribution in [3.8, 4) is 0 Å². The number of carbonyl (C=O) groups excluding carboxylic acids is 4. The van der Waals surface area contributed by atoms with Gasteiger partial charge in [-0.25, -0.2) is 9.13 Å². The van der Waals surface area contributed by atoms with Gasteiger partial charge in [0, 0.05) is 25.7 Å². The smallest absolute Gasteiger partial charge is 0.462 e. The van der Waals surface area contributed by atoms with Gasteiger partial charge in [0.2, 0.25) is 0 Å². The van der Waals surface area contributed by atoms with E-state index >= 15 is 0 Å².